The number of halogens is 1. The van der Waals surface area contributed by atoms with Crippen LogP contribution in [0, 0.1) is 22.9 Å². The molecule has 184 valence electrons. The van der Waals surface area contributed by atoms with Gasteiger partial charge in [-0.05, 0) is 55.0 Å². The SMILES string of the molecule is Cc1cc(NC(=O)/C=C\c2ccc([N+](=O)[O-])cc2)n(-c2nc3c(cnn3-c3ccc(F)cc3)c(=O)[nH]2)n1. The molecule has 12 nitrogen and oxygen atoms in total. The van der Waals surface area contributed by atoms with Crippen molar-refractivity contribution in [1.29, 1.82) is 0 Å². The van der Waals surface area contributed by atoms with Gasteiger partial charge >= 0.3 is 0 Å². The zero-order valence-corrected chi connectivity index (χ0v) is 19.1. The summed E-state index contributed by atoms with van der Waals surface area (Å²) in [5, 5.41) is 22.2. The van der Waals surface area contributed by atoms with E-state index in [0.29, 0.717) is 16.9 Å². The van der Waals surface area contributed by atoms with Gasteiger partial charge in [0.15, 0.2) is 5.65 Å². The molecule has 0 atom stereocenters. The van der Waals surface area contributed by atoms with Crippen molar-refractivity contribution in [2.24, 2.45) is 0 Å². The maximum atomic E-state index is 13.4. The van der Waals surface area contributed by atoms with Crippen molar-refractivity contribution in [2.75, 3.05) is 5.32 Å². The van der Waals surface area contributed by atoms with Crippen LogP contribution in [0.2, 0.25) is 0 Å². The highest BCUT2D eigenvalue weighted by molar-refractivity contribution is 6.01. The van der Waals surface area contributed by atoms with Crippen molar-refractivity contribution in [3.63, 3.8) is 0 Å². The smallest absolute Gasteiger partial charge is 0.269 e. The van der Waals surface area contributed by atoms with Crippen LogP contribution in [0.25, 0.3) is 28.7 Å². The topological polar surface area (TPSA) is 154 Å². The molecule has 0 fully saturated rings. The van der Waals surface area contributed by atoms with Crippen LogP contribution in [-0.2, 0) is 4.79 Å². The predicted octanol–water partition coefficient (Wildman–Crippen LogP) is 3.30. The molecule has 5 rings (SSSR count). The number of nitro groups is 1. The monoisotopic (exact) mass is 500 g/mol. The van der Waals surface area contributed by atoms with Crippen molar-refractivity contribution in [3.05, 3.63) is 104 Å². The minimum Gasteiger partial charge on any atom is -0.307 e. The number of amides is 1. The Morgan fingerprint density at radius 3 is 2.57 bits per heavy atom. The van der Waals surface area contributed by atoms with Crippen molar-refractivity contribution >= 4 is 34.5 Å². The lowest BCUT2D eigenvalue weighted by Crippen LogP contribution is -2.18. The highest BCUT2D eigenvalue weighted by atomic mass is 19.1. The predicted molar refractivity (Wildman–Crippen MR) is 132 cm³/mol. The first-order chi connectivity index (χ1) is 17.8. The molecule has 3 heterocycles. The fraction of sp³-hybridized carbons (Fsp3) is 0.0417. The third-order valence-corrected chi connectivity index (χ3v) is 5.31. The summed E-state index contributed by atoms with van der Waals surface area (Å²) in [6.07, 6.45) is 4.12. The first kappa shape index (κ1) is 23.3. The van der Waals surface area contributed by atoms with Crippen LogP contribution in [-0.4, -0.2) is 40.4 Å². The number of non-ortho nitro benzene ring substituents is 1. The van der Waals surface area contributed by atoms with E-state index in [1.165, 1.54) is 76.2 Å². The van der Waals surface area contributed by atoms with E-state index in [1.54, 1.807) is 13.0 Å². The summed E-state index contributed by atoms with van der Waals surface area (Å²) in [5.41, 5.74) is 1.33. The number of fused-ring (bicyclic) bond motifs is 1. The molecular weight excluding hydrogens is 483 g/mol. The molecule has 3 aromatic heterocycles. The molecule has 0 spiro atoms. The van der Waals surface area contributed by atoms with Gasteiger partial charge in [-0.1, -0.05) is 0 Å². The van der Waals surface area contributed by atoms with Crippen molar-refractivity contribution < 1.29 is 14.1 Å². The first-order valence-electron chi connectivity index (χ1n) is 10.8. The number of carbonyl (C=O) groups excluding carboxylic acids is 1. The number of nitrogens with zero attached hydrogens (tertiary/aromatic N) is 6. The molecule has 5 aromatic rings. The summed E-state index contributed by atoms with van der Waals surface area (Å²) in [6.45, 7) is 1.71. The summed E-state index contributed by atoms with van der Waals surface area (Å²) in [7, 11) is 0. The average molecular weight is 500 g/mol. The van der Waals surface area contributed by atoms with Gasteiger partial charge in [0.2, 0.25) is 11.9 Å². The van der Waals surface area contributed by atoms with E-state index >= 15 is 0 Å². The molecule has 0 unspecified atom stereocenters. The lowest BCUT2D eigenvalue weighted by atomic mass is 10.2. The van der Waals surface area contributed by atoms with Crippen LogP contribution in [0.15, 0.2) is 71.7 Å². The van der Waals surface area contributed by atoms with Gasteiger partial charge in [0.25, 0.3) is 11.2 Å². The molecular formula is C24H17FN8O4. The quantitative estimate of drug-likeness (QED) is 0.206. The van der Waals surface area contributed by atoms with Gasteiger partial charge < -0.3 is 5.32 Å². The number of carbonyl (C=O) groups is 1. The zero-order chi connectivity index (χ0) is 26.1. The highest BCUT2D eigenvalue weighted by Crippen LogP contribution is 2.19. The summed E-state index contributed by atoms with van der Waals surface area (Å²) >= 11 is 0. The van der Waals surface area contributed by atoms with E-state index in [-0.39, 0.29) is 28.5 Å². The second-order valence-electron chi connectivity index (χ2n) is 7.91. The van der Waals surface area contributed by atoms with Crippen molar-refractivity contribution in [3.8, 4) is 11.6 Å². The van der Waals surface area contributed by atoms with Gasteiger partial charge in [-0.25, -0.2) is 9.07 Å². The van der Waals surface area contributed by atoms with E-state index < -0.39 is 22.2 Å². The van der Waals surface area contributed by atoms with E-state index in [1.807, 2.05) is 0 Å². The molecule has 0 bridgehead atoms. The fourth-order valence-corrected chi connectivity index (χ4v) is 3.58. The fourth-order valence-electron chi connectivity index (χ4n) is 3.58. The van der Waals surface area contributed by atoms with Crippen molar-refractivity contribution in [2.45, 2.75) is 6.92 Å². The molecule has 37 heavy (non-hydrogen) atoms. The summed E-state index contributed by atoms with van der Waals surface area (Å²) in [6, 6.07) is 12.9. The second-order valence-corrected chi connectivity index (χ2v) is 7.91. The Bertz CT molecular complexity index is 1730. The van der Waals surface area contributed by atoms with Gasteiger partial charge in [0, 0.05) is 24.3 Å². The number of H-pyrrole nitrogens is 1. The van der Waals surface area contributed by atoms with Crippen LogP contribution in [0.5, 0.6) is 0 Å². The van der Waals surface area contributed by atoms with Crippen LogP contribution in [0.4, 0.5) is 15.9 Å². The lowest BCUT2D eigenvalue weighted by molar-refractivity contribution is -0.384. The van der Waals surface area contributed by atoms with Crippen LogP contribution >= 0.6 is 0 Å². The van der Waals surface area contributed by atoms with Gasteiger partial charge in [0.1, 0.15) is 17.0 Å². The number of nitrogens with one attached hydrogen (secondary N) is 2. The third kappa shape index (κ3) is 4.73. The lowest BCUT2D eigenvalue weighted by Gasteiger charge is -2.08. The van der Waals surface area contributed by atoms with E-state index in [9.17, 15) is 24.1 Å². The minimum absolute atomic E-state index is 0.0316. The summed E-state index contributed by atoms with van der Waals surface area (Å²) < 4.78 is 16.0. The Kier molecular flexibility index (Phi) is 5.85. The Hall–Kier alpha value is -5.46. The molecule has 2 N–H and O–H groups in total. The Balaban J connectivity index is 1.45. The third-order valence-electron chi connectivity index (χ3n) is 5.31. The largest absolute Gasteiger partial charge is 0.307 e. The molecule has 2 aromatic carbocycles. The number of nitro benzene ring substituents is 1. The molecule has 0 aliphatic rings. The van der Waals surface area contributed by atoms with E-state index in [4.69, 9.17) is 0 Å². The molecule has 0 saturated carbocycles. The standard InChI is InChI=1S/C24H17FN8O4/c1-14-12-20(27-21(34)11-4-15-2-7-18(8-3-15)33(36)37)32(30-14)24-28-22-19(23(35)29-24)13-26-31(22)17-9-5-16(25)6-10-17/h2-13H,1H3,(H,27,34)(H,28,29,35)/b11-4-. The molecule has 0 radical (unpaired) electrons. The van der Waals surface area contributed by atoms with Gasteiger partial charge in [-0.15, -0.1) is 0 Å². The van der Waals surface area contributed by atoms with Crippen LogP contribution < -0.4 is 10.9 Å². The highest BCUT2D eigenvalue weighted by Gasteiger charge is 2.16. The van der Waals surface area contributed by atoms with E-state index in [2.05, 4.69) is 25.5 Å². The maximum Gasteiger partial charge on any atom is 0.269 e. The second kappa shape index (κ2) is 9.30. The van der Waals surface area contributed by atoms with Crippen molar-refractivity contribution in [1.82, 2.24) is 29.5 Å². The molecule has 1 amide bonds. The number of aromatic amines is 1. The Morgan fingerprint density at radius 2 is 1.86 bits per heavy atom. The number of rotatable bonds is 6. The molecule has 13 heteroatoms. The first-order valence-corrected chi connectivity index (χ1v) is 10.8. The van der Waals surface area contributed by atoms with Gasteiger partial charge in [0.05, 0.1) is 22.5 Å². The van der Waals surface area contributed by atoms with E-state index in [0.717, 1.165) is 0 Å². The van der Waals surface area contributed by atoms with Crippen LogP contribution in [0.1, 0.15) is 11.3 Å². The number of aryl methyl sites for hydroxylation is 1. The number of aromatic nitrogens is 6. The number of hydrogen-bond acceptors (Lipinski definition) is 7. The number of hydrogen-bond donors (Lipinski definition) is 2. The Morgan fingerprint density at radius 1 is 1.14 bits per heavy atom. The molecule has 0 aliphatic carbocycles. The number of anilines is 1. The van der Waals surface area contributed by atoms with Crippen LogP contribution in [0.3, 0.4) is 0 Å². The molecule has 0 aliphatic heterocycles. The average Bonchev–Trinajstić information content (AvgIpc) is 3.47. The number of benzene rings is 2. The minimum atomic E-state index is -0.508. The Labute approximate surface area is 206 Å². The zero-order valence-electron chi connectivity index (χ0n) is 19.1. The van der Waals surface area contributed by atoms with Gasteiger partial charge in [-0.2, -0.15) is 19.9 Å². The normalized spacial score (nSPS) is 11.3. The summed E-state index contributed by atoms with van der Waals surface area (Å²) in [4.78, 5) is 42.7. The maximum absolute atomic E-state index is 13.4. The summed E-state index contributed by atoms with van der Waals surface area (Å²) in [5.74, 6) is -0.642. The molecule has 0 saturated heterocycles. The van der Waals surface area contributed by atoms with Gasteiger partial charge in [-0.3, -0.25) is 24.7 Å².